The number of carbonyl (C=O) groups excluding carboxylic acids is 1. The monoisotopic (exact) mass is 506 g/mol. The van der Waals surface area contributed by atoms with E-state index in [0.717, 1.165) is 5.56 Å². The van der Waals surface area contributed by atoms with E-state index < -0.39 is 10.0 Å². The van der Waals surface area contributed by atoms with E-state index in [9.17, 15) is 13.2 Å². The zero-order valence-corrected chi connectivity index (χ0v) is 20.4. The highest BCUT2D eigenvalue weighted by molar-refractivity contribution is 7.92. The van der Waals surface area contributed by atoms with Crippen molar-refractivity contribution in [3.05, 3.63) is 119 Å². The molecule has 0 radical (unpaired) electrons. The van der Waals surface area contributed by atoms with Crippen LogP contribution >= 0.6 is 11.6 Å². The highest BCUT2D eigenvalue weighted by Crippen LogP contribution is 2.24. The van der Waals surface area contributed by atoms with Gasteiger partial charge in [-0.3, -0.25) is 9.52 Å². The lowest BCUT2D eigenvalue weighted by Crippen LogP contribution is -2.15. The average molecular weight is 507 g/mol. The molecule has 0 aliphatic rings. The lowest BCUT2D eigenvalue weighted by Gasteiger charge is -2.13. The van der Waals surface area contributed by atoms with Crippen molar-refractivity contribution in [1.29, 1.82) is 0 Å². The number of amides is 1. The highest BCUT2D eigenvalue weighted by atomic mass is 35.5. The predicted octanol–water partition coefficient (Wildman–Crippen LogP) is 6.28. The van der Waals surface area contributed by atoms with Crippen LogP contribution in [0.15, 0.2) is 102 Å². The van der Waals surface area contributed by atoms with Crippen molar-refractivity contribution in [2.75, 3.05) is 10.0 Å². The fourth-order valence-corrected chi connectivity index (χ4v) is 4.58. The smallest absolute Gasteiger partial charge is 0.261 e. The van der Waals surface area contributed by atoms with Crippen molar-refractivity contribution in [3.8, 4) is 5.75 Å². The Hall–Kier alpha value is -3.81. The average Bonchev–Trinajstić information content (AvgIpc) is 2.85. The molecule has 4 rings (SSSR count). The Morgan fingerprint density at radius 2 is 1.57 bits per heavy atom. The molecule has 4 aromatic rings. The molecule has 8 heteroatoms. The van der Waals surface area contributed by atoms with Gasteiger partial charge in [0.05, 0.1) is 4.90 Å². The largest absolute Gasteiger partial charge is 0.489 e. The molecular formula is C27H23ClN2O4S. The summed E-state index contributed by atoms with van der Waals surface area (Å²) in [6.07, 6.45) is 0. The quantitative estimate of drug-likeness (QED) is 0.294. The van der Waals surface area contributed by atoms with Gasteiger partial charge in [0.25, 0.3) is 15.9 Å². The van der Waals surface area contributed by atoms with Crippen LogP contribution in [0.3, 0.4) is 0 Å². The van der Waals surface area contributed by atoms with Crippen LogP contribution in [0.25, 0.3) is 0 Å². The van der Waals surface area contributed by atoms with Crippen LogP contribution in [0.2, 0.25) is 5.02 Å². The molecule has 0 bridgehead atoms. The maximum absolute atomic E-state index is 12.9. The first kappa shape index (κ1) is 24.3. The second-order valence-corrected chi connectivity index (χ2v) is 9.96. The van der Waals surface area contributed by atoms with Crippen LogP contribution < -0.4 is 14.8 Å². The minimum absolute atomic E-state index is 0.0869. The third kappa shape index (κ3) is 6.41. The maximum atomic E-state index is 12.9. The van der Waals surface area contributed by atoms with E-state index in [2.05, 4.69) is 10.0 Å². The Morgan fingerprint density at radius 3 is 2.23 bits per heavy atom. The first-order chi connectivity index (χ1) is 16.8. The summed E-state index contributed by atoms with van der Waals surface area (Å²) in [7, 11) is -3.82. The van der Waals surface area contributed by atoms with Crippen molar-refractivity contribution in [2.45, 2.75) is 18.4 Å². The number of aryl methyl sites for hydroxylation is 1. The van der Waals surface area contributed by atoms with E-state index in [4.69, 9.17) is 16.3 Å². The normalized spacial score (nSPS) is 11.0. The molecular weight excluding hydrogens is 484 g/mol. The molecule has 4 aromatic carbocycles. The fourth-order valence-electron chi connectivity index (χ4n) is 3.31. The van der Waals surface area contributed by atoms with Gasteiger partial charge in [-0.25, -0.2) is 8.42 Å². The van der Waals surface area contributed by atoms with E-state index in [1.807, 2.05) is 30.3 Å². The summed E-state index contributed by atoms with van der Waals surface area (Å²) in [5, 5.41) is 3.33. The number of halogens is 1. The zero-order chi connectivity index (χ0) is 24.8. The number of sulfonamides is 1. The number of rotatable bonds is 8. The number of carbonyl (C=O) groups is 1. The summed E-state index contributed by atoms with van der Waals surface area (Å²) in [6, 6.07) is 27.5. The molecule has 2 N–H and O–H groups in total. The zero-order valence-electron chi connectivity index (χ0n) is 18.9. The van der Waals surface area contributed by atoms with Gasteiger partial charge in [0, 0.05) is 22.0 Å². The summed E-state index contributed by atoms with van der Waals surface area (Å²) in [5.41, 5.74) is 3.03. The second-order valence-electron chi connectivity index (χ2n) is 7.84. The SMILES string of the molecule is Cc1cc(S(=O)(=O)Nc2ccc(OCc3ccccc3)cc2)ccc1NC(=O)c1ccc(Cl)cc1. The molecule has 1 amide bonds. The molecule has 0 spiro atoms. The molecule has 0 fully saturated rings. The summed E-state index contributed by atoms with van der Waals surface area (Å²) < 4.78 is 34.1. The minimum atomic E-state index is -3.82. The minimum Gasteiger partial charge on any atom is -0.489 e. The van der Waals surface area contributed by atoms with Crippen molar-refractivity contribution < 1.29 is 17.9 Å². The molecule has 35 heavy (non-hydrogen) atoms. The molecule has 0 unspecified atom stereocenters. The lowest BCUT2D eigenvalue weighted by atomic mass is 10.1. The number of hydrogen-bond acceptors (Lipinski definition) is 4. The molecule has 0 saturated carbocycles. The van der Waals surface area contributed by atoms with Gasteiger partial charge in [0.15, 0.2) is 0 Å². The van der Waals surface area contributed by atoms with Gasteiger partial charge in [-0.2, -0.15) is 0 Å². The molecule has 0 aromatic heterocycles. The van der Waals surface area contributed by atoms with Gasteiger partial charge in [-0.1, -0.05) is 41.9 Å². The molecule has 178 valence electrons. The number of ether oxygens (including phenoxy) is 1. The number of nitrogens with one attached hydrogen (secondary N) is 2. The van der Waals surface area contributed by atoms with Crippen LogP contribution in [-0.4, -0.2) is 14.3 Å². The third-order valence-corrected chi connectivity index (χ3v) is 6.85. The van der Waals surface area contributed by atoms with Gasteiger partial charge < -0.3 is 10.1 Å². The molecule has 0 saturated heterocycles. The Morgan fingerprint density at radius 1 is 0.886 bits per heavy atom. The van der Waals surface area contributed by atoms with Gasteiger partial charge in [-0.05, 0) is 84.8 Å². The van der Waals surface area contributed by atoms with Crippen LogP contribution in [-0.2, 0) is 16.6 Å². The summed E-state index contributed by atoms with van der Waals surface area (Å²) in [4.78, 5) is 12.5. The predicted molar refractivity (Wildman–Crippen MR) is 139 cm³/mol. The van der Waals surface area contributed by atoms with Crippen molar-refractivity contribution >= 4 is 38.9 Å². The van der Waals surface area contributed by atoms with Gasteiger partial charge >= 0.3 is 0 Å². The van der Waals surface area contributed by atoms with Crippen LogP contribution in [0, 0.1) is 6.92 Å². The summed E-state index contributed by atoms with van der Waals surface area (Å²) in [5.74, 6) is 0.321. The van der Waals surface area contributed by atoms with Gasteiger partial charge in [0.1, 0.15) is 12.4 Å². The Balaban J connectivity index is 1.40. The van der Waals surface area contributed by atoms with E-state index >= 15 is 0 Å². The van der Waals surface area contributed by atoms with E-state index in [0.29, 0.717) is 39.9 Å². The van der Waals surface area contributed by atoms with Gasteiger partial charge in [-0.15, -0.1) is 0 Å². The standard InChI is InChI=1S/C27H23ClN2O4S/c1-19-17-25(15-16-26(19)29-27(31)21-7-9-22(28)10-8-21)35(32,33)30-23-11-13-24(14-12-23)34-18-20-5-3-2-4-6-20/h2-17,30H,18H2,1H3,(H,29,31). The number of hydrogen-bond donors (Lipinski definition) is 2. The molecule has 0 atom stereocenters. The second kappa shape index (κ2) is 10.6. The summed E-state index contributed by atoms with van der Waals surface area (Å²) >= 11 is 5.86. The van der Waals surface area contributed by atoms with Crippen LogP contribution in [0.1, 0.15) is 21.5 Å². The van der Waals surface area contributed by atoms with E-state index in [1.54, 1.807) is 61.5 Å². The number of anilines is 2. The van der Waals surface area contributed by atoms with Crippen LogP contribution in [0.4, 0.5) is 11.4 Å². The molecule has 0 aliphatic heterocycles. The Bertz CT molecular complexity index is 1420. The first-order valence-corrected chi connectivity index (χ1v) is 12.6. The first-order valence-electron chi connectivity index (χ1n) is 10.8. The van der Waals surface area contributed by atoms with Crippen molar-refractivity contribution in [1.82, 2.24) is 0 Å². The Kier molecular flexibility index (Phi) is 7.39. The van der Waals surface area contributed by atoms with Crippen molar-refractivity contribution in [3.63, 3.8) is 0 Å². The maximum Gasteiger partial charge on any atom is 0.261 e. The molecule has 0 heterocycles. The van der Waals surface area contributed by atoms with Crippen LogP contribution in [0.5, 0.6) is 5.75 Å². The fraction of sp³-hybridized carbons (Fsp3) is 0.0741. The Labute approximate surface area is 209 Å². The highest BCUT2D eigenvalue weighted by Gasteiger charge is 2.16. The summed E-state index contributed by atoms with van der Waals surface area (Å²) in [6.45, 7) is 2.15. The molecule has 0 aliphatic carbocycles. The topological polar surface area (TPSA) is 84.5 Å². The third-order valence-electron chi connectivity index (χ3n) is 5.22. The van der Waals surface area contributed by atoms with E-state index in [1.165, 1.54) is 12.1 Å². The lowest BCUT2D eigenvalue weighted by molar-refractivity contribution is 0.102. The number of benzene rings is 4. The van der Waals surface area contributed by atoms with E-state index in [-0.39, 0.29) is 10.8 Å². The van der Waals surface area contributed by atoms with Gasteiger partial charge in [0.2, 0.25) is 0 Å². The van der Waals surface area contributed by atoms with Crippen molar-refractivity contribution in [2.24, 2.45) is 0 Å². The molecule has 6 nitrogen and oxygen atoms in total.